The first-order valence-corrected chi connectivity index (χ1v) is 13.5. The molecule has 0 N–H and O–H groups in total. The summed E-state index contributed by atoms with van der Waals surface area (Å²) in [6.45, 7) is 9.16. The number of carbonyl (C=O) groups excluding carboxylic acids is 1. The summed E-state index contributed by atoms with van der Waals surface area (Å²) in [6.07, 6.45) is 1.76. The van der Waals surface area contributed by atoms with Crippen LogP contribution in [0.3, 0.4) is 0 Å². The topological polar surface area (TPSA) is 64.5 Å². The average molecular weight is 538 g/mol. The first kappa shape index (κ1) is 25.1. The molecule has 1 fully saturated rings. The second-order valence-electron chi connectivity index (χ2n) is 11.2. The SMILES string of the molecule is CC(=O)[C@@H](OC(C)(C)C)c1c(C)cc2nc(N3CC(F)(F)C3)sc2c1-c1ccc2c3c(ccnc13)CCO2. The molecule has 2 aromatic heterocycles. The molecule has 2 aliphatic rings. The third-order valence-corrected chi connectivity index (χ3v) is 8.12. The van der Waals surface area contributed by atoms with Crippen LogP contribution < -0.4 is 9.64 Å². The summed E-state index contributed by atoms with van der Waals surface area (Å²) >= 11 is 1.37. The van der Waals surface area contributed by atoms with Crippen molar-refractivity contribution in [1.82, 2.24) is 9.97 Å². The van der Waals surface area contributed by atoms with Crippen LogP contribution in [0.4, 0.5) is 13.9 Å². The monoisotopic (exact) mass is 537 g/mol. The Hall–Kier alpha value is -3.17. The highest BCUT2D eigenvalue weighted by Crippen LogP contribution is 2.48. The van der Waals surface area contributed by atoms with Crippen molar-refractivity contribution in [2.24, 2.45) is 0 Å². The van der Waals surface area contributed by atoms with Crippen molar-refractivity contribution in [3.05, 3.63) is 47.2 Å². The molecule has 0 radical (unpaired) electrons. The van der Waals surface area contributed by atoms with Crippen molar-refractivity contribution >= 4 is 43.4 Å². The third-order valence-electron chi connectivity index (χ3n) is 6.97. The number of ketones is 1. The fourth-order valence-electron chi connectivity index (χ4n) is 5.39. The van der Waals surface area contributed by atoms with Crippen LogP contribution in [0, 0.1) is 6.92 Å². The lowest BCUT2D eigenvalue weighted by Crippen LogP contribution is -2.56. The summed E-state index contributed by atoms with van der Waals surface area (Å²) in [5.41, 5.74) is 5.30. The molecule has 38 heavy (non-hydrogen) atoms. The van der Waals surface area contributed by atoms with E-state index in [9.17, 15) is 13.6 Å². The molecule has 2 aromatic carbocycles. The second kappa shape index (κ2) is 8.68. The highest BCUT2D eigenvalue weighted by molar-refractivity contribution is 7.22. The zero-order chi connectivity index (χ0) is 27.0. The molecule has 6 nitrogen and oxygen atoms in total. The maximum Gasteiger partial charge on any atom is 0.282 e. The minimum atomic E-state index is -2.71. The summed E-state index contributed by atoms with van der Waals surface area (Å²) < 4.78 is 40.5. The maximum absolute atomic E-state index is 13.7. The quantitative estimate of drug-likeness (QED) is 0.284. The molecule has 0 aliphatic carbocycles. The van der Waals surface area contributed by atoms with Gasteiger partial charge in [-0.3, -0.25) is 9.78 Å². The van der Waals surface area contributed by atoms with E-state index < -0.39 is 17.6 Å². The molecule has 0 amide bonds. The largest absolute Gasteiger partial charge is 0.493 e. The van der Waals surface area contributed by atoms with Gasteiger partial charge < -0.3 is 14.4 Å². The van der Waals surface area contributed by atoms with Gasteiger partial charge in [0.1, 0.15) is 11.9 Å². The normalized spacial score (nSPS) is 17.4. The number of hydrogen-bond donors (Lipinski definition) is 0. The zero-order valence-electron chi connectivity index (χ0n) is 22.0. The lowest BCUT2D eigenvalue weighted by atomic mass is 9.88. The van der Waals surface area contributed by atoms with E-state index in [2.05, 4.69) is 0 Å². The second-order valence-corrected chi connectivity index (χ2v) is 12.1. The smallest absolute Gasteiger partial charge is 0.282 e. The van der Waals surface area contributed by atoms with Crippen molar-refractivity contribution in [3.63, 3.8) is 0 Å². The number of pyridine rings is 1. The Morgan fingerprint density at radius 1 is 1.24 bits per heavy atom. The van der Waals surface area contributed by atoms with E-state index in [0.717, 1.165) is 55.6 Å². The third kappa shape index (κ3) is 4.22. The van der Waals surface area contributed by atoms with Crippen LogP contribution in [0.15, 0.2) is 30.5 Å². The zero-order valence-corrected chi connectivity index (χ0v) is 22.8. The molecule has 0 unspecified atom stereocenters. The fourth-order valence-corrected chi connectivity index (χ4v) is 6.51. The van der Waals surface area contributed by atoms with Gasteiger partial charge in [0.2, 0.25) is 0 Å². The summed E-state index contributed by atoms with van der Waals surface area (Å²) in [4.78, 5) is 24.2. The van der Waals surface area contributed by atoms with Crippen LogP contribution >= 0.6 is 11.3 Å². The number of carbonyl (C=O) groups is 1. The standard InChI is InChI=1S/C29H29F2N3O3S/c1-15-12-19-26(38-27(33-19)34-13-29(30,31)14-34)23(21(15)25(16(2)35)37-28(3,4)5)18-6-7-20-22-17(9-11-36-20)8-10-32-24(18)22/h6-8,10,12,25H,9,11,13-14H2,1-5H3/t25-/m1/s1. The van der Waals surface area contributed by atoms with E-state index >= 15 is 0 Å². The number of thiazole rings is 1. The Morgan fingerprint density at radius 2 is 2.00 bits per heavy atom. The highest BCUT2D eigenvalue weighted by Gasteiger charge is 2.45. The molecule has 198 valence electrons. The first-order valence-electron chi connectivity index (χ1n) is 12.7. The van der Waals surface area contributed by atoms with Crippen molar-refractivity contribution < 1.29 is 23.0 Å². The summed E-state index contributed by atoms with van der Waals surface area (Å²) in [7, 11) is 0. The number of Topliss-reactive ketones (excluding diaryl/α,β-unsaturated/α-hetero) is 1. The predicted molar refractivity (Wildman–Crippen MR) is 146 cm³/mol. The molecule has 0 spiro atoms. The van der Waals surface area contributed by atoms with Crippen molar-refractivity contribution in [1.29, 1.82) is 0 Å². The van der Waals surface area contributed by atoms with Crippen LogP contribution in [-0.2, 0) is 16.0 Å². The number of rotatable bonds is 5. The van der Waals surface area contributed by atoms with Crippen molar-refractivity contribution in [2.75, 3.05) is 24.6 Å². The first-order chi connectivity index (χ1) is 17.9. The molecule has 2 aliphatic heterocycles. The Balaban J connectivity index is 1.66. The Kier molecular flexibility index (Phi) is 5.74. The molecule has 4 aromatic rings. The van der Waals surface area contributed by atoms with E-state index in [0.29, 0.717) is 17.3 Å². The van der Waals surface area contributed by atoms with Crippen LogP contribution in [-0.4, -0.2) is 47.0 Å². The van der Waals surface area contributed by atoms with E-state index in [-0.39, 0.29) is 18.9 Å². The minimum absolute atomic E-state index is 0.116. The molecular weight excluding hydrogens is 508 g/mol. The Labute approximate surface area is 223 Å². The molecule has 9 heteroatoms. The number of nitrogens with zero attached hydrogens (tertiary/aromatic N) is 3. The van der Waals surface area contributed by atoms with Gasteiger partial charge >= 0.3 is 0 Å². The van der Waals surface area contributed by atoms with Gasteiger partial charge in [0.15, 0.2) is 10.9 Å². The molecule has 0 bridgehead atoms. The van der Waals surface area contributed by atoms with Crippen molar-refractivity contribution in [3.8, 4) is 16.9 Å². The van der Waals surface area contributed by atoms with Crippen LogP contribution in [0.1, 0.15) is 50.5 Å². The van der Waals surface area contributed by atoms with Gasteiger partial charge in [0.05, 0.1) is 41.0 Å². The number of alkyl halides is 2. The molecular formula is C29H29F2N3O3S. The van der Waals surface area contributed by atoms with E-state index in [1.54, 1.807) is 11.1 Å². The summed E-state index contributed by atoms with van der Waals surface area (Å²) in [6, 6.07) is 7.87. The Bertz CT molecular complexity index is 1590. The summed E-state index contributed by atoms with van der Waals surface area (Å²) in [5.74, 6) is -2.04. The van der Waals surface area contributed by atoms with Gasteiger partial charge in [-0.15, -0.1) is 0 Å². The molecule has 0 saturated carbocycles. The molecule has 1 saturated heterocycles. The van der Waals surface area contributed by atoms with Gasteiger partial charge in [0.25, 0.3) is 5.92 Å². The number of ether oxygens (including phenoxy) is 2. The molecule has 1 atom stereocenters. The molecule has 4 heterocycles. The number of aromatic nitrogens is 2. The van der Waals surface area contributed by atoms with Gasteiger partial charge in [-0.25, -0.2) is 13.8 Å². The average Bonchev–Trinajstić information content (AvgIpc) is 3.24. The number of hydrogen-bond acceptors (Lipinski definition) is 7. The number of fused-ring (bicyclic) bond motifs is 1. The van der Waals surface area contributed by atoms with Gasteiger partial charge in [-0.2, -0.15) is 0 Å². The highest BCUT2D eigenvalue weighted by atomic mass is 32.1. The Morgan fingerprint density at radius 3 is 2.68 bits per heavy atom. The van der Waals surface area contributed by atoms with Gasteiger partial charge in [-0.1, -0.05) is 11.3 Å². The van der Waals surface area contributed by atoms with Gasteiger partial charge in [-0.05, 0) is 70.0 Å². The van der Waals surface area contributed by atoms with Crippen LogP contribution in [0.2, 0.25) is 0 Å². The fraction of sp³-hybridized carbons (Fsp3) is 0.414. The van der Waals surface area contributed by atoms with Gasteiger partial charge in [0, 0.05) is 34.7 Å². The summed E-state index contributed by atoms with van der Waals surface area (Å²) in [5, 5.41) is 1.50. The number of halogens is 2. The maximum atomic E-state index is 13.7. The van der Waals surface area contributed by atoms with Crippen LogP contribution in [0.5, 0.6) is 5.75 Å². The lowest BCUT2D eigenvalue weighted by Gasteiger charge is -2.38. The van der Waals surface area contributed by atoms with E-state index in [4.69, 9.17) is 19.4 Å². The molecule has 6 rings (SSSR count). The number of anilines is 1. The number of aryl methyl sites for hydroxylation is 1. The number of benzene rings is 2. The van der Waals surface area contributed by atoms with Crippen molar-refractivity contribution in [2.45, 2.75) is 58.7 Å². The minimum Gasteiger partial charge on any atom is -0.493 e. The lowest BCUT2D eigenvalue weighted by molar-refractivity contribution is -0.138. The van der Waals surface area contributed by atoms with E-state index in [1.165, 1.54) is 18.3 Å². The van der Waals surface area contributed by atoms with E-state index in [1.807, 2.05) is 52.0 Å². The predicted octanol–water partition coefficient (Wildman–Crippen LogP) is 6.66. The van der Waals surface area contributed by atoms with Crippen LogP contribution in [0.25, 0.3) is 32.2 Å².